The van der Waals surface area contributed by atoms with E-state index in [1.54, 1.807) is 25.1 Å². The molecule has 7 nitrogen and oxygen atoms in total. The van der Waals surface area contributed by atoms with Crippen LogP contribution in [0.4, 0.5) is 4.79 Å². The van der Waals surface area contributed by atoms with Gasteiger partial charge in [0.2, 0.25) is 5.91 Å². The molecule has 4 N–H and O–H groups in total. The topological polar surface area (TPSA) is 103 Å². The summed E-state index contributed by atoms with van der Waals surface area (Å²) in [5.41, 5.74) is 6.73. The van der Waals surface area contributed by atoms with Gasteiger partial charge in [0.25, 0.3) is 0 Å². The van der Waals surface area contributed by atoms with Crippen LogP contribution < -0.4 is 25.8 Å². The largest absolute Gasteiger partial charge is 0.497 e. The summed E-state index contributed by atoms with van der Waals surface area (Å²) in [6, 6.07) is 4.03. The van der Waals surface area contributed by atoms with Crippen LogP contribution in [0, 0.1) is 0 Å². The molecule has 1 aliphatic heterocycles. The highest BCUT2D eigenvalue weighted by molar-refractivity contribution is 5.97. The van der Waals surface area contributed by atoms with E-state index >= 15 is 0 Å². The summed E-state index contributed by atoms with van der Waals surface area (Å²) in [6.45, 7) is 1.62. The first-order valence-corrected chi connectivity index (χ1v) is 6.28. The van der Waals surface area contributed by atoms with Crippen LogP contribution in [0.1, 0.15) is 18.5 Å². The van der Waals surface area contributed by atoms with Crippen molar-refractivity contribution < 1.29 is 19.1 Å². The Balaban J connectivity index is 2.59. The first-order chi connectivity index (χ1) is 9.97. The molecule has 1 aromatic rings. The minimum absolute atomic E-state index is 0.279. The number of ether oxygens (including phenoxy) is 2. The third-order valence-electron chi connectivity index (χ3n) is 3.28. The highest BCUT2D eigenvalue weighted by Crippen LogP contribution is 2.35. The fourth-order valence-corrected chi connectivity index (χ4v) is 2.32. The number of hydrogen-bond acceptors (Lipinski definition) is 4. The normalized spacial score (nSPS) is 17.9. The minimum Gasteiger partial charge on any atom is -0.497 e. The Kier molecular flexibility index (Phi) is 4.02. The van der Waals surface area contributed by atoms with Gasteiger partial charge in [0.15, 0.2) is 0 Å². The summed E-state index contributed by atoms with van der Waals surface area (Å²) >= 11 is 0. The molecule has 1 atom stereocenters. The number of nitrogens with one attached hydrogen (secondary N) is 2. The molecule has 21 heavy (non-hydrogen) atoms. The molecule has 112 valence electrons. The van der Waals surface area contributed by atoms with Gasteiger partial charge in [0.05, 0.1) is 25.8 Å². The molecule has 1 unspecified atom stereocenters. The molecule has 1 aromatic carbocycles. The van der Waals surface area contributed by atoms with Gasteiger partial charge >= 0.3 is 6.03 Å². The highest BCUT2D eigenvalue weighted by Gasteiger charge is 2.32. The van der Waals surface area contributed by atoms with Gasteiger partial charge in [0, 0.05) is 11.3 Å². The summed E-state index contributed by atoms with van der Waals surface area (Å²) in [6.07, 6.45) is 0. The quantitative estimate of drug-likeness (QED) is 0.764. The number of carbonyl (C=O) groups is 2. The predicted octanol–water partition coefficient (Wildman–Crippen LogP) is 0.817. The van der Waals surface area contributed by atoms with Crippen molar-refractivity contribution in [3.8, 4) is 11.5 Å². The summed E-state index contributed by atoms with van der Waals surface area (Å²) < 4.78 is 10.5. The SMILES string of the molecule is COc1ccc(OC)c(C2NC(=O)NC(C)=C2C(N)=O)c1. The lowest BCUT2D eigenvalue weighted by atomic mass is 9.94. The van der Waals surface area contributed by atoms with Gasteiger partial charge in [-0.25, -0.2) is 4.79 Å². The number of primary amides is 1. The maximum atomic E-state index is 11.7. The first-order valence-electron chi connectivity index (χ1n) is 6.28. The third kappa shape index (κ3) is 2.76. The van der Waals surface area contributed by atoms with E-state index in [9.17, 15) is 9.59 Å². The Bertz CT molecular complexity index is 625. The van der Waals surface area contributed by atoms with Crippen LogP contribution in [0.5, 0.6) is 11.5 Å². The Morgan fingerprint density at radius 2 is 2.00 bits per heavy atom. The smallest absolute Gasteiger partial charge is 0.319 e. The van der Waals surface area contributed by atoms with E-state index in [0.717, 1.165) is 0 Å². The molecule has 1 aliphatic rings. The van der Waals surface area contributed by atoms with E-state index in [0.29, 0.717) is 22.8 Å². The van der Waals surface area contributed by atoms with Crippen LogP contribution in [0.15, 0.2) is 29.5 Å². The fourth-order valence-electron chi connectivity index (χ4n) is 2.32. The van der Waals surface area contributed by atoms with Crippen molar-refractivity contribution in [3.05, 3.63) is 35.0 Å². The molecule has 1 heterocycles. The number of allylic oxidation sites excluding steroid dienone is 1. The molecule has 3 amide bonds. The number of nitrogens with two attached hydrogens (primary N) is 1. The van der Waals surface area contributed by atoms with Crippen molar-refractivity contribution in [1.29, 1.82) is 0 Å². The minimum atomic E-state index is -0.693. The number of rotatable bonds is 4. The van der Waals surface area contributed by atoms with Crippen molar-refractivity contribution >= 4 is 11.9 Å². The van der Waals surface area contributed by atoms with Crippen LogP contribution in [-0.4, -0.2) is 26.2 Å². The molecule has 0 spiro atoms. The van der Waals surface area contributed by atoms with Crippen LogP contribution in [0.3, 0.4) is 0 Å². The van der Waals surface area contributed by atoms with Gasteiger partial charge in [-0.15, -0.1) is 0 Å². The van der Waals surface area contributed by atoms with Crippen molar-refractivity contribution in [1.82, 2.24) is 10.6 Å². The van der Waals surface area contributed by atoms with E-state index < -0.39 is 18.0 Å². The lowest BCUT2D eigenvalue weighted by Crippen LogP contribution is -2.46. The number of methoxy groups -OCH3 is 2. The molecular weight excluding hydrogens is 274 g/mol. The summed E-state index contributed by atoms with van der Waals surface area (Å²) in [4.78, 5) is 23.4. The zero-order valence-electron chi connectivity index (χ0n) is 12.0. The standard InChI is InChI=1S/C14H17N3O4/c1-7-11(13(15)18)12(17-14(19)16-7)9-6-8(20-2)4-5-10(9)21-3/h4-6,12H,1-3H3,(H2,15,18)(H2,16,17,19). The molecule has 7 heteroatoms. The Hall–Kier alpha value is -2.70. The van der Waals surface area contributed by atoms with E-state index in [-0.39, 0.29) is 5.57 Å². The lowest BCUT2D eigenvalue weighted by Gasteiger charge is -2.28. The van der Waals surface area contributed by atoms with Gasteiger partial charge in [-0.3, -0.25) is 4.79 Å². The second kappa shape index (κ2) is 5.74. The first kappa shape index (κ1) is 14.7. The molecule has 0 radical (unpaired) electrons. The number of hydrogen-bond donors (Lipinski definition) is 3. The number of carbonyl (C=O) groups excluding carboxylic acids is 2. The maximum absolute atomic E-state index is 11.7. The van der Waals surface area contributed by atoms with Gasteiger partial charge < -0.3 is 25.8 Å². The van der Waals surface area contributed by atoms with Gasteiger partial charge in [0.1, 0.15) is 11.5 Å². The van der Waals surface area contributed by atoms with Gasteiger partial charge in [-0.1, -0.05) is 0 Å². The van der Waals surface area contributed by atoms with Crippen molar-refractivity contribution in [2.24, 2.45) is 5.73 Å². The van der Waals surface area contributed by atoms with Gasteiger partial charge in [-0.2, -0.15) is 0 Å². The fraction of sp³-hybridized carbons (Fsp3) is 0.286. The zero-order valence-corrected chi connectivity index (χ0v) is 12.0. The molecule has 0 bridgehead atoms. The van der Waals surface area contributed by atoms with Crippen LogP contribution in [-0.2, 0) is 4.79 Å². The molecular formula is C14H17N3O4. The second-order valence-electron chi connectivity index (χ2n) is 4.54. The Labute approximate surface area is 122 Å². The summed E-state index contributed by atoms with van der Waals surface area (Å²) in [7, 11) is 3.04. The van der Waals surface area contributed by atoms with E-state index in [2.05, 4.69) is 10.6 Å². The van der Waals surface area contributed by atoms with E-state index in [4.69, 9.17) is 15.2 Å². The average molecular weight is 291 g/mol. The van der Waals surface area contributed by atoms with Crippen LogP contribution in [0.2, 0.25) is 0 Å². The zero-order chi connectivity index (χ0) is 15.6. The average Bonchev–Trinajstić information content (AvgIpc) is 2.45. The highest BCUT2D eigenvalue weighted by atomic mass is 16.5. The Morgan fingerprint density at radius 3 is 2.57 bits per heavy atom. The van der Waals surface area contributed by atoms with E-state index in [1.165, 1.54) is 14.2 Å². The summed E-state index contributed by atoms with van der Waals surface area (Å²) in [5.74, 6) is 0.490. The number of benzene rings is 1. The van der Waals surface area contributed by atoms with Crippen molar-refractivity contribution in [2.45, 2.75) is 13.0 Å². The number of amides is 3. The van der Waals surface area contributed by atoms with E-state index in [1.807, 2.05) is 0 Å². The Morgan fingerprint density at radius 1 is 1.29 bits per heavy atom. The molecule has 0 fully saturated rings. The van der Waals surface area contributed by atoms with Crippen LogP contribution >= 0.6 is 0 Å². The monoisotopic (exact) mass is 291 g/mol. The molecule has 0 aliphatic carbocycles. The lowest BCUT2D eigenvalue weighted by molar-refractivity contribution is -0.115. The predicted molar refractivity (Wildman–Crippen MR) is 75.8 cm³/mol. The van der Waals surface area contributed by atoms with Crippen molar-refractivity contribution in [3.63, 3.8) is 0 Å². The maximum Gasteiger partial charge on any atom is 0.319 e. The molecule has 0 saturated heterocycles. The van der Waals surface area contributed by atoms with Crippen molar-refractivity contribution in [2.75, 3.05) is 14.2 Å². The third-order valence-corrected chi connectivity index (χ3v) is 3.28. The number of urea groups is 1. The molecule has 0 aromatic heterocycles. The molecule has 0 saturated carbocycles. The molecule has 2 rings (SSSR count). The summed E-state index contributed by atoms with van der Waals surface area (Å²) in [5, 5.41) is 5.21. The second-order valence-corrected chi connectivity index (χ2v) is 4.54. The van der Waals surface area contributed by atoms with Gasteiger partial charge in [-0.05, 0) is 25.1 Å². The van der Waals surface area contributed by atoms with Crippen LogP contribution in [0.25, 0.3) is 0 Å².